The molecule has 3 nitrogen and oxygen atoms in total. The van der Waals surface area contributed by atoms with E-state index in [4.69, 9.17) is 16.7 Å². The lowest BCUT2D eigenvalue weighted by atomic mass is 10.2. The average Bonchev–Trinajstić information content (AvgIpc) is 2.43. The van der Waals surface area contributed by atoms with Gasteiger partial charge in [0.15, 0.2) is 5.82 Å². The lowest BCUT2D eigenvalue weighted by Gasteiger charge is -1.98. The Morgan fingerprint density at radius 1 is 1.36 bits per heavy atom. The number of aliphatic hydroxyl groups excluding tert-OH is 1. The highest BCUT2D eigenvalue weighted by Crippen LogP contribution is 2.32. The molecule has 5 heteroatoms. The first kappa shape index (κ1) is 9.83. The third kappa shape index (κ3) is 1.39. The molecule has 1 N–H and O–H groups in total. The molecule has 0 fully saturated rings. The Morgan fingerprint density at radius 2 is 2.07 bits per heavy atom. The van der Waals surface area contributed by atoms with Crippen LogP contribution in [-0.4, -0.2) is 15.1 Å². The topological polar surface area (TPSA) is 46.0 Å². The summed E-state index contributed by atoms with van der Waals surface area (Å²) in [6, 6.07) is 0. The summed E-state index contributed by atoms with van der Waals surface area (Å²) in [5.74, 6) is 0.378. The van der Waals surface area contributed by atoms with E-state index in [1.807, 2.05) is 13.8 Å². The molecule has 0 atom stereocenters. The molecule has 0 saturated heterocycles. The number of nitrogens with zero attached hydrogens (tertiary/aromatic N) is 2. The maximum Gasteiger partial charge on any atom is 0.157 e. The van der Waals surface area contributed by atoms with Crippen molar-refractivity contribution >= 4 is 33.2 Å². The second-order valence-corrected chi connectivity index (χ2v) is 4.61. The maximum atomic E-state index is 8.92. The number of aryl methyl sites for hydroxylation is 2. The molecule has 0 aromatic carbocycles. The third-order valence-electron chi connectivity index (χ3n) is 2.17. The van der Waals surface area contributed by atoms with Gasteiger partial charge in [-0.25, -0.2) is 9.97 Å². The molecule has 0 saturated carbocycles. The van der Waals surface area contributed by atoms with Crippen molar-refractivity contribution in [1.29, 1.82) is 0 Å². The van der Waals surface area contributed by atoms with Gasteiger partial charge >= 0.3 is 0 Å². The first-order chi connectivity index (χ1) is 6.63. The van der Waals surface area contributed by atoms with E-state index in [1.54, 1.807) is 11.3 Å². The van der Waals surface area contributed by atoms with Gasteiger partial charge in [-0.15, -0.1) is 11.3 Å². The third-order valence-corrected chi connectivity index (χ3v) is 3.55. The van der Waals surface area contributed by atoms with Gasteiger partial charge in [0, 0.05) is 4.88 Å². The maximum absolute atomic E-state index is 8.92. The molecule has 0 aliphatic carbocycles. The Kier molecular flexibility index (Phi) is 2.43. The Bertz CT molecular complexity index is 495. The quantitative estimate of drug-likeness (QED) is 0.763. The van der Waals surface area contributed by atoms with Crippen molar-refractivity contribution in [2.45, 2.75) is 20.5 Å². The number of aliphatic hydroxyl groups is 1. The number of hydrogen-bond acceptors (Lipinski definition) is 4. The summed E-state index contributed by atoms with van der Waals surface area (Å²) in [4.78, 5) is 10.3. The molecule has 2 rings (SSSR count). The number of hydrogen-bond donors (Lipinski definition) is 1. The van der Waals surface area contributed by atoms with E-state index in [0.717, 1.165) is 15.8 Å². The highest BCUT2D eigenvalue weighted by Gasteiger charge is 2.12. The minimum absolute atomic E-state index is 0.175. The van der Waals surface area contributed by atoms with Crippen LogP contribution in [0.15, 0.2) is 0 Å². The van der Waals surface area contributed by atoms with Crippen LogP contribution < -0.4 is 0 Å². The van der Waals surface area contributed by atoms with E-state index in [1.165, 1.54) is 4.88 Å². The van der Waals surface area contributed by atoms with Gasteiger partial charge < -0.3 is 5.11 Å². The van der Waals surface area contributed by atoms with Crippen molar-refractivity contribution in [3.05, 3.63) is 21.4 Å². The minimum atomic E-state index is -0.175. The molecule has 2 heterocycles. The van der Waals surface area contributed by atoms with Gasteiger partial charge in [-0.3, -0.25) is 0 Å². The van der Waals surface area contributed by atoms with Gasteiger partial charge in [-0.1, -0.05) is 11.6 Å². The fourth-order valence-corrected chi connectivity index (χ4v) is 2.75. The highest BCUT2D eigenvalue weighted by atomic mass is 35.5. The molecule has 2 aromatic heterocycles. The molecular formula is C9H9ClN2OS. The van der Waals surface area contributed by atoms with Gasteiger partial charge in [-0.05, 0) is 19.4 Å². The van der Waals surface area contributed by atoms with Gasteiger partial charge in [0.25, 0.3) is 0 Å². The van der Waals surface area contributed by atoms with Crippen LogP contribution in [-0.2, 0) is 6.61 Å². The summed E-state index contributed by atoms with van der Waals surface area (Å²) >= 11 is 7.58. The molecule has 74 valence electrons. The van der Waals surface area contributed by atoms with E-state index >= 15 is 0 Å². The van der Waals surface area contributed by atoms with Crippen LogP contribution in [0.4, 0.5) is 0 Å². The fraction of sp³-hybridized carbons (Fsp3) is 0.333. The number of rotatable bonds is 1. The number of thiophene rings is 1. The molecule has 0 amide bonds. The van der Waals surface area contributed by atoms with E-state index in [9.17, 15) is 0 Å². The molecule has 0 radical (unpaired) electrons. The van der Waals surface area contributed by atoms with Gasteiger partial charge in [0.1, 0.15) is 16.6 Å². The van der Waals surface area contributed by atoms with Gasteiger partial charge in [0.2, 0.25) is 0 Å². The lowest BCUT2D eigenvalue weighted by molar-refractivity contribution is 0.272. The van der Waals surface area contributed by atoms with Crippen molar-refractivity contribution in [2.24, 2.45) is 0 Å². The lowest BCUT2D eigenvalue weighted by Crippen LogP contribution is -1.94. The van der Waals surface area contributed by atoms with Gasteiger partial charge in [-0.2, -0.15) is 0 Å². The SMILES string of the molecule is Cc1sc2nc(CO)nc(Cl)c2c1C. The number of aromatic nitrogens is 2. The first-order valence-electron chi connectivity index (χ1n) is 4.16. The summed E-state index contributed by atoms with van der Waals surface area (Å²) in [5, 5.41) is 10.3. The Labute approximate surface area is 90.4 Å². The van der Waals surface area contributed by atoms with Crippen LogP contribution in [0.2, 0.25) is 5.15 Å². The van der Waals surface area contributed by atoms with Crippen LogP contribution >= 0.6 is 22.9 Å². The Morgan fingerprint density at radius 3 is 2.71 bits per heavy atom. The van der Waals surface area contributed by atoms with Crippen LogP contribution in [0.3, 0.4) is 0 Å². The summed E-state index contributed by atoms with van der Waals surface area (Å²) in [5.41, 5.74) is 1.12. The molecule has 0 spiro atoms. The minimum Gasteiger partial charge on any atom is -0.388 e. The predicted octanol–water partition coefficient (Wildman–Crippen LogP) is 2.45. The Balaban J connectivity index is 2.83. The number of halogens is 1. The predicted molar refractivity (Wildman–Crippen MR) is 57.8 cm³/mol. The highest BCUT2D eigenvalue weighted by molar-refractivity contribution is 7.18. The van der Waals surface area contributed by atoms with E-state index < -0.39 is 0 Å². The zero-order chi connectivity index (χ0) is 10.3. The van der Waals surface area contributed by atoms with Crippen molar-refractivity contribution in [1.82, 2.24) is 9.97 Å². The molecular weight excluding hydrogens is 220 g/mol. The monoisotopic (exact) mass is 228 g/mol. The average molecular weight is 229 g/mol. The van der Waals surface area contributed by atoms with Crippen molar-refractivity contribution < 1.29 is 5.11 Å². The number of fused-ring (bicyclic) bond motifs is 1. The normalized spacial score (nSPS) is 11.1. The van der Waals surface area contributed by atoms with Gasteiger partial charge in [0.05, 0.1) is 5.39 Å². The smallest absolute Gasteiger partial charge is 0.157 e. The summed E-state index contributed by atoms with van der Waals surface area (Å²) in [6.45, 7) is 3.85. The standard InChI is InChI=1S/C9H9ClN2OS/c1-4-5(2)14-9-7(4)8(10)11-6(3-13)12-9/h13H,3H2,1-2H3. The molecule has 0 aliphatic heterocycles. The zero-order valence-corrected chi connectivity index (χ0v) is 9.41. The summed E-state index contributed by atoms with van der Waals surface area (Å²) in [6.07, 6.45) is 0. The van der Waals surface area contributed by atoms with Crippen LogP contribution in [0.5, 0.6) is 0 Å². The van der Waals surface area contributed by atoms with Crippen molar-refractivity contribution in [3.8, 4) is 0 Å². The summed E-state index contributed by atoms with van der Waals surface area (Å²) < 4.78 is 0. The van der Waals surface area contributed by atoms with E-state index in [2.05, 4.69) is 9.97 Å². The molecule has 0 bridgehead atoms. The molecule has 2 aromatic rings. The zero-order valence-electron chi connectivity index (χ0n) is 7.83. The second-order valence-electron chi connectivity index (χ2n) is 3.05. The van der Waals surface area contributed by atoms with Crippen molar-refractivity contribution in [3.63, 3.8) is 0 Å². The largest absolute Gasteiger partial charge is 0.388 e. The molecule has 0 aliphatic rings. The van der Waals surface area contributed by atoms with Crippen LogP contribution in [0.25, 0.3) is 10.2 Å². The first-order valence-corrected chi connectivity index (χ1v) is 5.36. The molecule has 14 heavy (non-hydrogen) atoms. The van der Waals surface area contributed by atoms with Crippen molar-refractivity contribution in [2.75, 3.05) is 0 Å². The van der Waals surface area contributed by atoms with Crippen LogP contribution in [0, 0.1) is 13.8 Å². The fourth-order valence-electron chi connectivity index (χ4n) is 1.31. The van der Waals surface area contributed by atoms with E-state index in [-0.39, 0.29) is 6.61 Å². The Hall–Kier alpha value is -0.710. The summed E-state index contributed by atoms with van der Waals surface area (Å²) in [7, 11) is 0. The molecule has 0 unspecified atom stereocenters. The second kappa shape index (κ2) is 3.46. The van der Waals surface area contributed by atoms with Crippen LogP contribution in [0.1, 0.15) is 16.3 Å². The van der Waals surface area contributed by atoms with E-state index in [0.29, 0.717) is 11.0 Å².